The summed E-state index contributed by atoms with van der Waals surface area (Å²) in [5.41, 5.74) is 3.16. The molecule has 7 nitrogen and oxygen atoms in total. The molecule has 2 aliphatic heterocycles. The van der Waals surface area contributed by atoms with Crippen molar-refractivity contribution in [1.29, 1.82) is 0 Å². The fourth-order valence-electron chi connectivity index (χ4n) is 3.89. The minimum Gasteiger partial charge on any atom is -0.355 e. The van der Waals surface area contributed by atoms with Crippen molar-refractivity contribution in [3.63, 3.8) is 0 Å². The molecule has 2 aromatic rings. The monoisotopic (exact) mass is 380 g/mol. The van der Waals surface area contributed by atoms with Crippen LogP contribution in [0.2, 0.25) is 0 Å². The fraction of sp³-hybridized carbons (Fsp3) is 0.476. The third-order valence-electron chi connectivity index (χ3n) is 5.58. The zero-order chi connectivity index (χ0) is 19.5. The summed E-state index contributed by atoms with van der Waals surface area (Å²) in [4.78, 5) is 18.9. The van der Waals surface area contributed by atoms with Crippen LogP contribution in [-0.4, -0.2) is 60.4 Å². The smallest absolute Gasteiger partial charge is 0.321 e. The molecule has 0 aliphatic carbocycles. The number of rotatable bonds is 3. The summed E-state index contributed by atoms with van der Waals surface area (Å²) in [6, 6.07) is 10.1. The van der Waals surface area contributed by atoms with Gasteiger partial charge in [-0.15, -0.1) is 10.2 Å². The minimum absolute atomic E-state index is 0.0398. The van der Waals surface area contributed by atoms with Gasteiger partial charge in [-0.3, -0.25) is 0 Å². The van der Waals surface area contributed by atoms with E-state index in [4.69, 9.17) is 0 Å². The Labute approximate surface area is 166 Å². The molecular weight excluding hydrogens is 352 g/mol. The lowest BCUT2D eigenvalue weighted by Gasteiger charge is -2.35. The lowest BCUT2D eigenvalue weighted by Crippen LogP contribution is -2.50. The number of aryl methyl sites for hydroxylation is 2. The molecular formula is C21H28N6O. The molecule has 4 rings (SSSR count). The van der Waals surface area contributed by atoms with Crippen molar-refractivity contribution in [3.05, 3.63) is 41.5 Å². The second-order valence-electron chi connectivity index (χ2n) is 7.67. The van der Waals surface area contributed by atoms with Crippen molar-refractivity contribution in [2.24, 2.45) is 0 Å². The maximum Gasteiger partial charge on any atom is 0.321 e. The van der Waals surface area contributed by atoms with Crippen molar-refractivity contribution >= 4 is 23.4 Å². The van der Waals surface area contributed by atoms with E-state index in [1.54, 1.807) is 0 Å². The van der Waals surface area contributed by atoms with Crippen LogP contribution >= 0.6 is 0 Å². The van der Waals surface area contributed by atoms with Gasteiger partial charge in [-0.2, -0.15) is 0 Å². The highest BCUT2D eigenvalue weighted by atomic mass is 16.2. The molecule has 1 aromatic heterocycles. The van der Waals surface area contributed by atoms with E-state index in [1.807, 2.05) is 30.0 Å². The standard InChI is InChI=1S/C21H28N6O/c1-16-5-6-18(17(2)15-16)22-21(28)27-13-11-26(12-14-27)20-8-7-19(23-24-20)25-9-3-4-10-25/h5-8,15H,3-4,9-14H2,1-2H3,(H,22,28). The summed E-state index contributed by atoms with van der Waals surface area (Å²) in [5.74, 6) is 1.85. The highest BCUT2D eigenvalue weighted by molar-refractivity contribution is 5.90. The molecule has 0 saturated carbocycles. The summed E-state index contributed by atoms with van der Waals surface area (Å²) in [5, 5.41) is 11.9. The number of carbonyl (C=O) groups excluding carboxylic acids is 1. The SMILES string of the molecule is Cc1ccc(NC(=O)N2CCN(c3ccc(N4CCCC4)nn3)CC2)c(C)c1. The summed E-state index contributed by atoms with van der Waals surface area (Å²) in [6.07, 6.45) is 2.46. The van der Waals surface area contributed by atoms with Crippen molar-refractivity contribution in [3.8, 4) is 0 Å². The van der Waals surface area contributed by atoms with Crippen molar-refractivity contribution in [2.75, 3.05) is 54.4 Å². The van der Waals surface area contributed by atoms with E-state index in [0.717, 1.165) is 49.1 Å². The van der Waals surface area contributed by atoms with Gasteiger partial charge in [-0.05, 0) is 50.5 Å². The number of hydrogen-bond donors (Lipinski definition) is 1. The zero-order valence-corrected chi connectivity index (χ0v) is 16.7. The Bertz CT molecular complexity index is 823. The van der Waals surface area contributed by atoms with Crippen molar-refractivity contribution in [1.82, 2.24) is 15.1 Å². The highest BCUT2D eigenvalue weighted by Crippen LogP contribution is 2.21. The van der Waals surface area contributed by atoms with Gasteiger partial charge in [0.25, 0.3) is 0 Å². The molecule has 2 amide bonds. The number of hydrogen-bond acceptors (Lipinski definition) is 5. The number of benzene rings is 1. The average Bonchev–Trinajstić information content (AvgIpc) is 3.25. The normalized spacial score (nSPS) is 17.1. The van der Waals surface area contributed by atoms with Gasteiger partial charge in [-0.1, -0.05) is 17.7 Å². The van der Waals surface area contributed by atoms with Crippen LogP contribution in [0.5, 0.6) is 0 Å². The molecule has 2 fully saturated rings. The predicted octanol–water partition coefficient (Wildman–Crippen LogP) is 3.05. The number of amides is 2. The van der Waals surface area contributed by atoms with Crippen molar-refractivity contribution in [2.45, 2.75) is 26.7 Å². The van der Waals surface area contributed by atoms with Crippen LogP contribution in [0.4, 0.5) is 22.1 Å². The van der Waals surface area contributed by atoms with E-state index in [1.165, 1.54) is 18.4 Å². The Balaban J connectivity index is 1.32. The molecule has 1 N–H and O–H groups in total. The third kappa shape index (κ3) is 4.03. The van der Waals surface area contributed by atoms with Gasteiger partial charge in [0, 0.05) is 45.0 Å². The minimum atomic E-state index is -0.0398. The van der Waals surface area contributed by atoms with Gasteiger partial charge in [0.1, 0.15) is 0 Å². The quantitative estimate of drug-likeness (QED) is 0.887. The Kier molecular flexibility index (Phi) is 5.32. The van der Waals surface area contributed by atoms with Crippen LogP contribution in [0.25, 0.3) is 0 Å². The van der Waals surface area contributed by atoms with Crippen molar-refractivity contribution < 1.29 is 4.79 Å². The summed E-state index contributed by atoms with van der Waals surface area (Å²) < 4.78 is 0. The molecule has 0 atom stereocenters. The number of piperazine rings is 1. The zero-order valence-electron chi connectivity index (χ0n) is 16.7. The molecule has 28 heavy (non-hydrogen) atoms. The maximum atomic E-state index is 12.6. The topological polar surface area (TPSA) is 64.6 Å². The first-order valence-electron chi connectivity index (χ1n) is 10.1. The number of anilines is 3. The van der Waals surface area contributed by atoms with E-state index in [9.17, 15) is 4.79 Å². The first kappa shape index (κ1) is 18.5. The number of nitrogens with one attached hydrogen (secondary N) is 1. The number of aromatic nitrogens is 2. The molecule has 2 aliphatic rings. The molecule has 1 aromatic carbocycles. The van der Waals surface area contributed by atoms with E-state index in [2.05, 4.69) is 44.4 Å². The van der Waals surface area contributed by atoms with Crippen LogP contribution in [0, 0.1) is 13.8 Å². The molecule has 3 heterocycles. The fourth-order valence-corrected chi connectivity index (χ4v) is 3.89. The van der Waals surface area contributed by atoms with Crippen LogP contribution < -0.4 is 15.1 Å². The van der Waals surface area contributed by atoms with Gasteiger partial charge >= 0.3 is 6.03 Å². The Morgan fingerprint density at radius 3 is 2.04 bits per heavy atom. The van der Waals surface area contributed by atoms with Crippen LogP contribution in [0.1, 0.15) is 24.0 Å². The molecule has 0 radical (unpaired) electrons. The molecule has 0 spiro atoms. The first-order chi connectivity index (χ1) is 13.6. The van der Waals surface area contributed by atoms with Gasteiger partial charge in [-0.25, -0.2) is 4.79 Å². The summed E-state index contributed by atoms with van der Waals surface area (Å²) in [6.45, 7) is 9.09. The molecule has 2 saturated heterocycles. The van der Waals surface area contributed by atoms with E-state index in [-0.39, 0.29) is 6.03 Å². The maximum absolute atomic E-state index is 12.6. The van der Waals surface area contributed by atoms with Gasteiger partial charge in [0.15, 0.2) is 11.6 Å². The molecule has 0 unspecified atom stereocenters. The third-order valence-corrected chi connectivity index (χ3v) is 5.58. The van der Waals surface area contributed by atoms with Gasteiger partial charge in [0.2, 0.25) is 0 Å². The second-order valence-corrected chi connectivity index (χ2v) is 7.67. The van der Waals surface area contributed by atoms with Gasteiger partial charge < -0.3 is 20.0 Å². The molecule has 0 bridgehead atoms. The largest absolute Gasteiger partial charge is 0.355 e. The van der Waals surface area contributed by atoms with Gasteiger partial charge in [0.05, 0.1) is 0 Å². The summed E-state index contributed by atoms with van der Waals surface area (Å²) in [7, 11) is 0. The Morgan fingerprint density at radius 2 is 1.46 bits per heavy atom. The van der Waals surface area contributed by atoms with Crippen LogP contribution in [0.3, 0.4) is 0 Å². The highest BCUT2D eigenvalue weighted by Gasteiger charge is 2.23. The number of carbonyl (C=O) groups is 1. The van der Waals surface area contributed by atoms with Crippen LogP contribution in [0.15, 0.2) is 30.3 Å². The first-order valence-corrected chi connectivity index (χ1v) is 10.1. The summed E-state index contributed by atoms with van der Waals surface area (Å²) >= 11 is 0. The van der Waals surface area contributed by atoms with E-state index >= 15 is 0 Å². The molecule has 148 valence electrons. The van der Waals surface area contributed by atoms with E-state index < -0.39 is 0 Å². The lowest BCUT2D eigenvalue weighted by atomic mass is 10.1. The predicted molar refractivity (Wildman–Crippen MR) is 112 cm³/mol. The average molecular weight is 380 g/mol. The Morgan fingerprint density at radius 1 is 0.857 bits per heavy atom. The van der Waals surface area contributed by atoms with Crippen LogP contribution in [-0.2, 0) is 0 Å². The lowest BCUT2D eigenvalue weighted by molar-refractivity contribution is 0.208. The van der Waals surface area contributed by atoms with E-state index in [0.29, 0.717) is 13.1 Å². The molecule has 7 heteroatoms. The Hall–Kier alpha value is -2.83. The number of nitrogens with zero attached hydrogens (tertiary/aromatic N) is 5. The second kappa shape index (κ2) is 8.04. The number of urea groups is 1.